The Kier molecular flexibility index (Phi) is 6.08. The highest BCUT2D eigenvalue weighted by Gasteiger charge is 2.16. The molecule has 0 saturated carbocycles. The Hall–Kier alpha value is -3.52. The van der Waals surface area contributed by atoms with Gasteiger partial charge in [-0.1, -0.05) is 61.0 Å². The molecule has 2 aromatic carbocycles. The molecule has 2 aromatic heterocycles. The Bertz CT molecular complexity index is 1180. The van der Waals surface area contributed by atoms with E-state index in [-0.39, 0.29) is 12.5 Å². The summed E-state index contributed by atoms with van der Waals surface area (Å²) in [5, 5.41) is 9.34. The predicted octanol–water partition coefficient (Wildman–Crippen LogP) is 5.31. The maximum Gasteiger partial charge on any atom is 0.264 e. The number of amides is 1. The van der Waals surface area contributed by atoms with E-state index >= 15 is 0 Å². The van der Waals surface area contributed by atoms with Gasteiger partial charge in [0.2, 0.25) is 5.82 Å². The second-order valence-corrected chi connectivity index (χ2v) is 8.21. The lowest BCUT2D eigenvalue weighted by Gasteiger charge is -2.08. The van der Waals surface area contributed by atoms with Gasteiger partial charge in [0.15, 0.2) is 11.7 Å². The highest BCUT2D eigenvalue weighted by molar-refractivity contribution is 7.13. The third-order valence-electron chi connectivity index (χ3n) is 4.57. The van der Waals surface area contributed by atoms with Crippen LogP contribution in [0.25, 0.3) is 22.8 Å². The second kappa shape index (κ2) is 9.09. The summed E-state index contributed by atoms with van der Waals surface area (Å²) in [6, 6.07) is 15.1. The summed E-state index contributed by atoms with van der Waals surface area (Å²) < 4.78 is 11.2. The molecule has 1 amide bonds. The fourth-order valence-corrected chi connectivity index (χ4v) is 3.72. The lowest BCUT2D eigenvalue weighted by Crippen LogP contribution is -2.20. The van der Waals surface area contributed by atoms with Crippen LogP contribution in [0.1, 0.15) is 31.0 Å². The topological polar surface area (TPSA) is 90.1 Å². The van der Waals surface area contributed by atoms with Crippen LogP contribution >= 0.6 is 11.3 Å². The number of aromatic nitrogens is 3. The highest BCUT2D eigenvalue weighted by atomic mass is 32.1. The Morgan fingerprint density at radius 3 is 2.65 bits per heavy atom. The van der Waals surface area contributed by atoms with Gasteiger partial charge in [-0.15, -0.1) is 11.3 Å². The van der Waals surface area contributed by atoms with E-state index in [4.69, 9.17) is 9.26 Å². The van der Waals surface area contributed by atoms with Gasteiger partial charge >= 0.3 is 0 Å². The molecule has 0 atom stereocenters. The monoisotopic (exact) mass is 434 g/mol. The Morgan fingerprint density at radius 2 is 1.90 bits per heavy atom. The van der Waals surface area contributed by atoms with Crippen LogP contribution in [0.15, 0.2) is 58.4 Å². The number of nitrogens with zero attached hydrogens (tertiary/aromatic N) is 3. The molecule has 0 bridgehead atoms. The van der Waals surface area contributed by atoms with E-state index in [9.17, 15) is 4.79 Å². The van der Waals surface area contributed by atoms with E-state index in [0.717, 1.165) is 16.8 Å². The third kappa shape index (κ3) is 4.97. The molecule has 0 aliphatic rings. The Morgan fingerprint density at radius 1 is 1.13 bits per heavy atom. The molecule has 7 nitrogen and oxygen atoms in total. The molecule has 0 radical (unpaired) electrons. The van der Waals surface area contributed by atoms with Gasteiger partial charge in [0.1, 0.15) is 5.75 Å². The zero-order valence-electron chi connectivity index (χ0n) is 17.5. The lowest BCUT2D eigenvalue weighted by atomic mass is 10.1. The molecule has 0 aliphatic heterocycles. The first-order valence-corrected chi connectivity index (χ1v) is 10.8. The van der Waals surface area contributed by atoms with Crippen LogP contribution in [-0.2, 0) is 4.79 Å². The fraction of sp³-hybridized carbons (Fsp3) is 0.217. The van der Waals surface area contributed by atoms with Crippen molar-refractivity contribution in [3.8, 4) is 28.6 Å². The van der Waals surface area contributed by atoms with Gasteiger partial charge in [-0.2, -0.15) is 4.98 Å². The van der Waals surface area contributed by atoms with E-state index < -0.39 is 0 Å². The summed E-state index contributed by atoms with van der Waals surface area (Å²) in [5.41, 5.74) is 3.59. The van der Waals surface area contributed by atoms with Crippen LogP contribution in [-0.4, -0.2) is 27.6 Å². The molecule has 8 heteroatoms. The van der Waals surface area contributed by atoms with Gasteiger partial charge in [-0.3, -0.25) is 10.1 Å². The third-order valence-corrected chi connectivity index (χ3v) is 5.35. The standard InChI is InChI=1S/C23H22N4O3S/c1-14(2)18-13-31-23(24-18)25-20(28)12-29-19-7-5-4-6-17(19)22-26-21(27-30-22)16-10-8-15(3)9-11-16/h4-11,13-14H,12H2,1-3H3,(H,24,25,28). The highest BCUT2D eigenvalue weighted by Crippen LogP contribution is 2.30. The van der Waals surface area contributed by atoms with Crippen LogP contribution in [0.2, 0.25) is 0 Å². The fourth-order valence-electron chi connectivity index (χ4n) is 2.83. The SMILES string of the molecule is Cc1ccc(-c2noc(-c3ccccc3OCC(=O)Nc3nc(C(C)C)cs3)n2)cc1. The minimum atomic E-state index is -0.287. The number of anilines is 1. The molecule has 0 spiro atoms. The Balaban J connectivity index is 1.45. The molecule has 0 aliphatic carbocycles. The molecule has 0 unspecified atom stereocenters. The minimum absolute atomic E-state index is 0.160. The summed E-state index contributed by atoms with van der Waals surface area (Å²) >= 11 is 1.40. The van der Waals surface area contributed by atoms with Crippen LogP contribution < -0.4 is 10.1 Å². The molecule has 31 heavy (non-hydrogen) atoms. The summed E-state index contributed by atoms with van der Waals surface area (Å²) in [4.78, 5) is 21.2. The lowest BCUT2D eigenvalue weighted by molar-refractivity contribution is -0.118. The number of para-hydroxylation sites is 1. The molecule has 4 aromatic rings. The zero-order chi connectivity index (χ0) is 21.8. The molecular formula is C23H22N4O3S. The van der Waals surface area contributed by atoms with Crippen molar-refractivity contribution in [1.82, 2.24) is 15.1 Å². The number of carbonyl (C=O) groups excluding carboxylic acids is 1. The molecule has 4 rings (SSSR count). The number of ether oxygens (including phenoxy) is 1. The van der Waals surface area contributed by atoms with Crippen molar-refractivity contribution >= 4 is 22.4 Å². The normalized spacial score (nSPS) is 11.0. The molecule has 158 valence electrons. The quantitative estimate of drug-likeness (QED) is 0.424. The first-order chi connectivity index (χ1) is 15.0. The average molecular weight is 435 g/mol. The van der Waals surface area contributed by atoms with Crippen molar-refractivity contribution in [3.63, 3.8) is 0 Å². The average Bonchev–Trinajstić information content (AvgIpc) is 3.43. The number of hydrogen-bond donors (Lipinski definition) is 1. The molecule has 1 N–H and O–H groups in total. The number of aryl methyl sites for hydroxylation is 1. The Labute approximate surface area is 184 Å². The van der Waals surface area contributed by atoms with Crippen molar-refractivity contribution in [3.05, 3.63) is 65.2 Å². The second-order valence-electron chi connectivity index (χ2n) is 7.35. The predicted molar refractivity (Wildman–Crippen MR) is 120 cm³/mol. The number of rotatable bonds is 7. The summed E-state index contributed by atoms with van der Waals surface area (Å²) in [7, 11) is 0. The van der Waals surface area contributed by atoms with Crippen molar-refractivity contribution in [2.24, 2.45) is 0 Å². The number of benzene rings is 2. The van der Waals surface area contributed by atoms with Crippen molar-refractivity contribution < 1.29 is 14.1 Å². The van der Waals surface area contributed by atoms with Crippen molar-refractivity contribution in [1.29, 1.82) is 0 Å². The first kappa shape index (κ1) is 20.7. The van der Waals surface area contributed by atoms with Gasteiger partial charge in [0.05, 0.1) is 11.3 Å². The van der Waals surface area contributed by atoms with E-state index in [1.807, 2.05) is 54.8 Å². The molecular weight excluding hydrogens is 412 g/mol. The number of carbonyl (C=O) groups is 1. The van der Waals surface area contributed by atoms with E-state index in [2.05, 4.69) is 34.3 Å². The van der Waals surface area contributed by atoms with Crippen LogP contribution in [0.4, 0.5) is 5.13 Å². The number of thiazole rings is 1. The van der Waals surface area contributed by atoms with Crippen LogP contribution in [0.5, 0.6) is 5.75 Å². The summed E-state index contributed by atoms with van der Waals surface area (Å²) in [6.07, 6.45) is 0. The molecule has 0 fully saturated rings. The van der Waals surface area contributed by atoms with E-state index in [0.29, 0.717) is 34.1 Å². The van der Waals surface area contributed by atoms with E-state index in [1.165, 1.54) is 11.3 Å². The van der Waals surface area contributed by atoms with Gasteiger partial charge in [0, 0.05) is 10.9 Å². The van der Waals surface area contributed by atoms with Crippen molar-refractivity contribution in [2.75, 3.05) is 11.9 Å². The van der Waals surface area contributed by atoms with Gasteiger partial charge < -0.3 is 9.26 Å². The maximum absolute atomic E-state index is 12.3. The number of nitrogens with one attached hydrogen (secondary N) is 1. The number of hydrogen-bond acceptors (Lipinski definition) is 7. The largest absolute Gasteiger partial charge is 0.483 e. The van der Waals surface area contributed by atoms with Crippen LogP contribution in [0, 0.1) is 6.92 Å². The van der Waals surface area contributed by atoms with E-state index in [1.54, 1.807) is 6.07 Å². The molecule has 2 heterocycles. The minimum Gasteiger partial charge on any atom is -0.483 e. The first-order valence-electron chi connectivity index (χ1n) is 9.88. The van der Waals surface area contributed by atoms with Gasteiger partial charge in [-0.05, 0) is 25.0 Å². The molecule has 0 saturated heterocycles. The smallest absolute Gasteiger partial charge is 0.264 e. The van der Waals surface area contributed by atoms with Gasteiger partial charge in [-0.25, -0.2) is 4.98 Å². The maximum atomic E-state index is 12.3. The summed E-state index contributed by atoms with van der Waals surface area (Å²) in [5.74, 6) is 1.33. The van der Waals surface area contributed by atoms with Crippen LogP contribution in [0.3, 0.4) is 0 Å². The zero-order valence-corrected chi connectivity index (χ0v) is 18.3. The summed E-state index contributed by atoms with van der Waals surface area (Å²) in [6.45, 7) is 5.98. The van der Waals surface area contributed by atoms with Crippen molar-refractivity contribution in [2.45, 2.75) is 26.7 Å². The van der Waals surface area contributed by atoms with Gasteiger partial charge in [0.25, 0.3) is 11.8 Å².